The lowest BCUT2D eigenvalue weighted by atomic mass is 9.74. The molecule has 0 unspecified atom stereocenters. The highest BCUT2D eigenvalue weighted by atomic mass is 35.5. The zero-order chi connectivity index (χ0) is 15.1. The molecule has 1 aromatic rings. The zero-order valence-electron chi connectivity index (χ0n) is 13.0. The molecule has 124 valence electrons. The quantitative estimate of drug-likeness (QED) is 0.832. The van der Waals surface area contributed by atoms with Crippen LogP contribution in [0.1, 0.15) is 25.3 Å². The zero-order valence-corrected chi connectivity index (χ0v) is 13.8. The van der Waals surface area contributed by atoms with Gasteiger partial charge in [0.05, 0.1) is 13.2 Å². The van der Waals surface area contributed by atoms with Crippen molar-refractivity contribution in [3.05, 3.63) is 29.8 Å². The Bertz CT molecular complexity index is 459. The van der Waals surface area contributed by atoms with Gasteiger partial charge in [-0.25, -0.2) is 0 Å². The number of rotatable bonds is 6. The number of carbonyl (C=O) groups is 1. The number of hydrogen-bond acceptors (Lipinski definition) is 4. The maximum Gasteiger partial charge on any atom is 0.233 e. The SMILES string of the molecule is CCOc1ccc(C2(CNC(=O)CN)CCOCC2)cc1.Cl. The Labute approximate surface area is 138 Å². The lowest BCUT2D eigenvalue weighted by Gasteiger charge is -2.38. The molecule has 1 amide bonds. The molecule has 1 aliphatic rings. The first-order chi connectivity index (χ1) is 10.2. The second kappa shape index (κ2) is 8.98. The van der Waals surface area contributed by atoms with Gasteiger partial charge < -0.3 is 20.5 Å². The lowest BCUT2D eigenvalue weighted by molar-refractivity contribution is -0.120. The Kier molecular flexibility index (Phi) is 7.65. The first-order valence-corrected chi connectivity index (χ1v) is 7.48. The van der Waals surface area contributed by atoms with Crippen molar-refractivity contribution in [2.24, 2.45) is 5.73 Å². The molecule has 1 fully saturated rings. The van der Waals surface area contributed by atoms with Crippen LogP contribution >= 0.6 is 12.4 Å². The molecule has 0 radical (unpaired) electrons. The minimum atomic E-state index is -0.119. The molecule has 0 aliphatic carbocycles. The van der Waals surface area contributed by atoms with E-state index in [-0.39, 0.29) is 30.3 Å². The Morgan fingerprint density at radius 1 is 1.32 bits per heavy atom. The van der Waals surface area contributed by atoms with Gasteiger partial charge in [-0.2, -0.15) is 0 Å². The predicted molar refractivity (Wildman–Crippen MR) is 88.7 cm³/mol. The van der Waals surface area contributed by atoms with Crippen molar-refractivity contribution < 1.29 is 14.3 Å². The minimum Gasteiger partial charge on any atom is -0.494 e. The molecular formula is C16H25ClN2O3. The van der Waals surface area contributed by atoms with Crippen molar-refractivity contribution in [3.8, 4) is 5.75 Å². The summed E-state index contributed by atoms with van der Waals surface area (Å²) in [4.78, 5) is 11.5. The van der Waals surface area contributed by atoms with Gasteiger partial charge in [-0.05, 0) is 37.5 Å². The van der Waals surface area contributed by atoms with Crippen LogP contribution in [0.2, 0.25) is 0 Å². The fourth-order valence-electron chi connectivity index (χ4n) is 2.74. The van der Waals surface area contributed by atoms with Crippen molar-refractivity contribution in [2.45, 2.75) is 25.2 Å². The number of hydrogen-bond donors (Lipinski definition) is 2. The van der Waals surface area contributed by atoms with Gasteiger partial charge in [0.2, 0.25) is 5.91 Å². The predicted octanol–water partition coefficient (Wildman–Crippen LogP) is 1.63. The van der Waals surface area contributed by atoms with E-state index in [0.29, 0.717) is 26.4 Å². The number of halogens is 1. The summed E-state index contributed by atoms with van der Waals surface area (Å²) >= 11 is 0. The molecule has 0 saturated carbocycles. The van der Waals surface area contributed by atoms with E-state index < -0.39 is 0 Å². The molecule has 1 aromatic carbocycles. The first kappa shape index (κ1) is 18.7. The van der Waals surface area contributed by atoms with Gasteiger partial charge in [0.1, 0.15) is 5.75 Å². The molecular weight excluding hydrogens is 304 g/mol. The van der Waals surface area contributed by atoms with Crippen LogP contribution < -0.4 is 15.8 Å². The third-order valence-corrected chi connectivity index (χ3v) is 4.04. The van der Waals surface area contributed by atoms with Crippen LogP contribution in [0.5, 0.6) is 5.75 Å². The van der Waals surface area contributed by atoms with Crippen molar-refractivity contribution in [2.75, 3.05) is 32.9 Å². The summed E-state index contributed by atoms with van der Waals surface area (Å²) in [6.45, 7) is 4.68. The topological polar surface area (TPSA) is 73.6 Å². The van der Waals surface area contributed by atoms with Gasteiger partial charge in [-0.15, -0.1) is 12.4 Å². The summed E-state index contributed by atoms with van der Waals surface area (Å²) in [7, 11) is 0. The number of amides is 1. The van der Waals surface area contributed by atoms with Crippen LogP contribution in [0.4, 0.5) is 0 Å². The fraction of sp³-hybridized carbons (Fsp3) is 0.562. The van der Waals surface area contributed by atoms with Crippen LogP contribution in [-0.4, -0.2) is 38.8 Å². The Balaban J connectivity index is 0.00000242. The van der Waals surface area contributed by atoms with Gasteiger partial charge in [0.15, 0.2) is 0 Å². The molecule has 1 saturated heterocycles. The largest absolute Gasteiger partial charge is 0.494 e. The summed E-state index contributed by atoms with van der Waals surface area (Å²) in [6.07, 6.45) is 1.79. The van der Waals surface area contributed by atoms with Gasteiger partial charge in [0.25, 0.3) is 0 Å². The van der Waals surface area contributed by atoms with Gasteiger partial charge in [-0.1, -0.05) is 12.1 Å². The molecule has 0 spiro atoms. The molecule has 3 N–H and O–H groups in total. The molecule has 2 rings (SSSR count). The Hall–Kier alpha value is -1.30. The van der Waals surface area contributed by atoms with Gasteiger partial charge >= 0.3 is 0 Å². The monoisotopic (exact) mass is 328 g/mol. The van der Waals surface area contributed by atoms with Crippen LogP contribution in [0.3, 0.4) is 0 Å². The Morgan fingerprint density at radius 2 is 1.95 bits per heavy atom. The second-order valence-electron chi connectivity index (χ2n) is 5.33. The van der Waals surface area contributed by atoms with Crippen molar-refractivity contribution >= 4 is 18.3 Å². The highest BCUT2D eigenvalue weighted by Crippen LogP contribution is 2.35. The van der Waals surface area contributed by atoms with E-state index in [4.69, 9.17) is 15.2 Å². The first-order valence-electron chi connectivity index (χ1n) is 7.48. The molecule has 0 aromatic heterocycles. The summed E-state index contributed by atoms with van der Waals surface area (Å²) in [5.74, 6) is 0.751. The average molecular weight is 329 g/mol. The molecule has 22 heavy (non-hydrogen) atoms. The number of nitrogens with two attached hydrogens (primary N) is 1. The summed E-state index contributed by atoms with van der Waals surface area (Å²) < 4.78 is 11.0. The van der Waals surface area contributed by atoms with Gasteiger partial charge in [-0.3, -0.25) is 4.79 Å². The summed E-state index contributed by atoms with van der Waals surface area (Å²) in [5.41, 5.74) is 6.51. The van der Waals surface area contributed by atoms with E-state index in [1.54, 1.807) is 0 Å². The maximum absolute atomic E-state index is 11.5. The van der Waals surface area contributed by atoms with E-state index in [0.717, 1.165) is 18.6 Å². The van der Waals surface area contributed by atoms with Crippen molar-refractivity contribution in [1.82, 2.24) is 5.32 Å². The maximum atomic E-state index is 11.5. The number of carbonyl (C=O) groups excluding carboxylic acids is 1. The van der Waals surface area contributed by atoms with Crippen LogP contribution in [0, 0.1) is 0 Å². The van der Waals surface area contributed by atoms with Crippen molar-refractivity contribution in [1.29, 1.82) is 0 Å². The highest BCUT2D eigenvalue weighted by Gasteiger charge is 2.34. The molecule has 0 atom stereocenters. The molecule has 5 nitrogen and oxygen atoms in total. The molecule has 6 heteroatoms. The van der Waals surface area contributed by atoms with Crippen LogP contribution in [0.25, 0.3) is 0 Å². The molecule has 1 heterocycles. The fourth-order valence-corrected chi connectivity index (χ4v) is 2.74. The van der Waals surface area contributed by atoms with E-state index in [9.17, 15) is 4.79 Å². The highest BCUT2D eigenvalue weighted by molar-refractivity contribution is 5.85. The standard InChI is InChI=1S/C16H24N2O3.ClH/c1-2-21-14-5-3-13(4-6-14)16(7-9-20-10-8-16)12-18-15(19)11-17;/h3-6H,2,7-12,17H2,1H3,(H,18,19);1H. The third kappa shape index (κ3) is 4.60. The van der Waals surface area contributed by atoms with E-state index >= 15 is 0 Å². The Morgan fingerprint density at radius 3 is 2.50 bits per heavy atom. The van der Waals surface area contributed by atoms with Crippen LogP contribution in [0.15, 0.2) is 24.3 Å². The van der Waals surface area contributed by atoms with Crippen molar-refractivity contribution in [3.63, 3.8) is 0 Å². The van der Waals surface area contributed by atoms with E-state index in [1.807, 2.05) is 19.1 Å². The number of nitrogens with one attached hydrogen (secondary N) is 1. The second-order valence-corrected chi connectivity index (χ2v) is 5.33. The van der Waals surface area contributed by atoms with E-state index in [2.05, 4.69) is 17.4 Å². The molecule has 1 aliphatic heterocycles. The summed E-state index contributed by atoms with van der Waals surface area (Å²) in [6, 6.07) is 8.15. The lowest BCUT2D eigenvalue weighted by Crippen LogP contribution is -2.45. The van der Waals surface area contributed by atoms with Gasteiger partial charge in [0, 0.05) is 25.2 Å². The van der Waals surface area contributed by atoms with E-state index in [1.165, 1.54) is 5.56 Å². The number of ether oxygens (including phenoxy) is 2. The molecule has 0 bridgehead atoms. The summed E-state index contributed by atoms with van der Waals surface area (Å²) in [5, 5.41) is 2.93. The minimum absolute atomic E-state index is 0. The average Bonchev–Trinajstić information content (AvgIpc) is 2.54. The third-order valence-electron chi connectivity index (χ3n) is 4.04. The van der Waals surface area contributed by atoms with Crippen LogP contribution in [-0.2, 0) is 14.9 Å². The number of benzene rings is 1. The normalized spacial score (nSPS) is 16.5. The smallest absolute Gasteiger partial charge is 0.233 e.